The molecule has 0 saturated heterocycles. The minimum absolute atomic E-state index is 0.686. The predicted octanol–water partition coefficient (Wildman–Crippen LogP) is 7.04. The van der Waals surface area contributed by atoms with E-state index in [0.717, 1.165) is 34.4 Å². The molecule has 3 aromatic carbocycles. The normalized spacial score (nSPS) is 10.9. The highest BCUT2D eigenvalue weighted by Crippen LogP contribution is 2.28. The van der Waals surface area contributed by atoms with E-state index >= 15 is 0 Å². The number of halogens is 1. The van der Waals surface area contributed by atoms with Crippen molar-refractivity contribution in [1.29, 1.82) is 0 Å². The van der Waals surface area contributed by atoms with E-state index in [2.05, 4.69) is 36.5 Å². The summed E-state index contributed by atoms with van der Waals surface area (Å²) in [4.78, 5) is 9.60. The lowest BCUT2D eigenvalue weighted by Gasteiger charge is -2.11. The molecule has 1 N–H and O–H groups in total. The molecule has 0 aliphatic rings. The Morgan fingerprint density at radius 2 is 1.71 bits per heavy atom. The van der Waals surface area contributed by atoms with Crippen molar-refractivity contribution in [3.05, 3.63) is 83.4 Å². The molecule has 28 heavy (non-hydrogen) atoms. The monoisotopic (exact) mass is 387 g/mol. The van der Waals surface area contributed by atoms with Crippen molar-refractivity contribution in [3.63, 3.8) is 0 Å². The molecule has 3 nitrogen and oxygen atoms in total. The highest BCUT2D eigenvalue weighted by atomic mass is 35.5. The second-order valence-corrected chi connectivity index (χ2v) is 7.29. The Morgan fingerprint density at radius 3 is 2.50 bits per heavy atom. The summed E-state index contributed by atoms with van der Waals surface area (Å²) in [7, 11) is 0. The maximum Gasteiger partial charge on any atom is 0.162 e. The smallest absolute Gasteiger partial charge is 0.162 e. The molecule has 0 fully saturated rings. The fourth-order valence-corrected chi connectivity index (χ4v) is 3.40. The number of fused-ring (bicyclic) bond motifs is 1. The topological polar surface area (TPSA) is 37.8 Å². The zero-order valence-electron chi connectivity index (χ0n) is 15.8. The van der Waals surface area contributed by atoms with Gasteiger partial charge in [-0.3, -0.25) is 0 Å². The minimum atomic E-state index is 0.686. The van der Waals surface area contributed by atoms with Gasteiger partial charge in [0.15, 0.2) is 5.82 Å². The maximum absolute atomic E-state index is 6.13. The number of rotatable bonds is 6. The van der Waals surface area contributed by atoms with Crippen molar-refractivity contribution in [2.75, 3.05) is 5.32 Å². The number of para-hydroxylation sites is 1. The second kappa shape index (κ2) is 8.41. The number of hydrogen-bond donors (Lipinski definition) is 1. The number of aryl methyl sites for hydroxylation is 1. The molecule has 4 aromatic rings. The molecule has 1 heterocycles. The first-order chi connectivity index (χ1) is 13.7. The zero-order chi connectivity index (χ0) is 19.3. The average Bonchev–Trinajstić information content (AvgIpc) is 2.72. The first kappa shape index (κ1) is 18.5. The van der Waals surface area contributed by atoms with E-state index in [1.54, 1.807) is 0 Å². The van der Waals surface area contributed by atoms with Crippen LogP contribution in [-0.4, -0.2) is 9.97 Å². The Morgan fingerprint density at radius 1 is 0.893 bits per heavy atom. The standard InChI is InChI=1S/C24H22ClN3/c1-2-3-7-17-12-14-18(15-13-17)23-27-22-11-5-4-10-21(22)24(28-23)26-20-9-6-8-19(25)16-20/h4-6,8-16H,2-3,7H2,1H3,(H,26,27,28). The van der Waals surface area contributed by atoms with Crippen LogP contribution in [0.3, 0.4) is 0 Å². The highest BCUT2D eigenvalue weighted by molar-refractivity contribution is 6.30. The van der Waals surface area contributed by atoms with Crippen molar-refractivity contribution in [2.45, 2.75) is 26.2 Å². The molecule has 0 aliphatic carbocycles. The fraction of sp³-hybridized carbons (Fsp3) is 0.167. The van der Waals surface area contributed by atoms with E-state index in [1.807, 2.05) is 48.5 Å². The van der Waals surface area contributed by atoms with Crippen LogP contribution in [0.1, 0.15) is 25.3 Å². The van der Waals surface area contributed by atoms with Crippen LogP contribution in [-0.2, 0) is 6.42 Å². The van der Waals surface area contributed by atoms with Gasteiger partial charge in [0.05, 0.1) is 5.52 Å². The SMILES string of the molecule is CCCCc1ccc(-c2nc(Nc3cccc(Cl)c3)c3ccccc3n2)cc1. The number of unbranched alkanes of at least 4 members (excludes halogenated alkanes) is 1. The van der Waals surface area contributed by atoms with Crippen LogP contribution in [0.2, 0.25) is 5.02 Å². The minimum Gasteiger partial charge on any atom is -0.340 e. The summed E-state index contributed by atoms with van der Waals surface area (Å²) >= 11 is 6.13. The number of aromatic nitrogens is 2. The van der Waals surface area contributed by atoms with Crippen LogP contribution in [0.25, 0.3) is 22.3 Å². The molecule has 0 amide bonds. The molecular formula is C24H22ClN3. The molecule has 0 atom stereocenters. The molecule has 0 radical (unpaired) electrons. The predicted molar refractivity (Wildman–Crippen MR) is 118 cm³/mol. The van der Waals surface area contributed by atoms with Crippen molar-refractivity contribution >= 4 is 34.0 Å². The van der Waals surface area contributed by atoms with Crippen LogP contribution in [0, 0.1) is 0 Å². The van der Waals surface area contributed by atoms with Gasteiger partial charge in [0.25, 0.3) is 0 Å². The Balaban J connectivity index is 1.73. The van der Waals surface area contributed by atoms with Gasteiger partial charge in [-0.2, -0.15) is 0 Å². The molecule has 1 aromatic heterocycles. The molecule has 140 valence electrons. The van der Waals surface area contributed by atoms with E-state index in [-0.39, 0.29) is 0 Å². The van der Waals surface area contributed by atoms with Crippen molar-refractivity contribution in [3.8, 4) is 11.4 Å². The number of nitrogens with one attached hydrogen (secondary N) is 1. The van der Waals surface area contributed by atoms with Crippen molar-refractivity contribution in [1.82, 2.24) is 9.97 Å². The van der Waals surface area contributed by atoms with Gasteiger partial charge >= 0.3 is 0 Å². The van der Waals surface area contributed by atoms with Crippen LogP contribution in [0.15, 0.2) is 72.8 Å². The lowest BCUT2D eigenvalue weighted by atomic mass is 10.1. The van der Waals surface area contributed by atoms with Gasteiger partial charge in [-0.15, -0.1) is 0 Å². The lowest BCUT2D eigenvalue weighted by Crippen LogP contribution is -1.99. The van der Waals surface area contributed by atoms with E-state index in [9.17, 15) is 0 Å². The van der Waals surface area contributed by atoms with E-state index in [1.165, 1.54) is 18.4 Å². The van der Waals surface area contributed by atoms with Crippen LogP contribution in [0.4, 0.5) is 11.5 Å². The van der Waals surface area contributed by atoms with Gasteiger partial charge in [0.1, 0.15) is 5.82 Å². The third-order valence-corrected chi connectivity index (χ3v) is 4.96. The van der Waals surface area contributed by atoms with Crippen molar-refractivity contribution in [2.24, 2.45) is 0 Å². The molecule has 0 unspecified atom stereocenters. The maximum atomic E-state index is 6.13. The molecular weight excluding hydrogens is 366 g/mol. The fourth-order valence-electron chi connectivity index (χ4n) is 3.21. The Labute approximate surface area is 170 Å². The van der Waals surface area contributed by atoms with E-state index in [4.69, 9.17) is 21.6 Å². The largest absolute Gasteiger partial charge is 0.340 e. The number of hydrogen-bond acceptors (Lipinski definition) is 3. The highest BCUT2D eigenvalue weighted by Gasteiger charge is 2.10. The summed E-state index contributed by atoms with van der Waals surface area (Å²) < 4.78 is 0. The van der Waals surface area contributed by atoms with Gasteiger partial charge < -0.3 is 5.32 Å². The second-order valence-electron chi connectivity index (χ2n) is 6.85. The van der Waals surface area contributed by atoms with Crippen LogP contribution >= 0.6 is 11.6 Å². The van der Waals surface area contributed by atoms with Crippen molar-refractivity contribution < 1.29 is 0 Å². The average molecular weight is 388 g/mol. The summed E-state index contributed by atoms with van der Waals surface area (Å²) in [6, 6.07) is 24.2. The summed E-state index contributed by atoms with van der Waals surface area (Å²) in [6.07, 6.45) is 3.52. The third kappa shape index (κ3) is 4.15. The summed E-state index contributed by atoms with van der Waals surface area (Å²) in [5.74, 6) is 1.49. The van der Waals surface area contributed by atoms with E-state index in [0.29, 0.717) is 10.8 Å². The molecule has 0 bridgehead atoms. The first-order valence-corrected chi connectivity index (χ1v) is 9.99. The van der Waals surface area contributed by atoms with Crippen LogP contribution in [0.5, 0.6) is 0 Å². The molecule has 0 aliphatic heterocycles. The first-order valence-electron chi connectivity index (χ1n) is 9.61. The quantitative estimate of drug-likeness (QED) is 0.385. The summed E-state index contributed by atoms with van der Waals surface area (Å²) in [5, 5.41) is 5.07. The van der Waals surface area contributed by atoms with Gasteiger partial charge in [0, 0.05) is 21.7 Å². The Kier molecular flexibility index (Phi) is 5.54. The molecule has 0 spiro atoms. The van der Waals surface area contributed by atoms with Gasteiger partial charge in [-0.25, -0.2) is 9.97 Å². The third-order valence-electron chi connectivity index (χ3n) is 4.72. The Bertz CT molecular complexity index is 1090. The summed E-state index contributed by atoms with van der Waals surface area (Å²) in [6.45, 7) is 2.21. The lowest BCUT2D eigenvalue weighted by molar-refractivity contribution is 0.795. The van der Waals surface area contributed by atoms with Gasteiger partial charge in [0.2, 0.25) is 0 Å². The van der Waals surface area contributed by atoms with Crippen LogP contribution < -0.4 is 5.32 Å². The van der Waals surface area contributed by atoms with Gasteiger partial charge in [-0.1, -0.05) is 67.4 Å². The number of benzene rings is 3. The Hall–Kier alpha value is -2.91. The summed E-state index contributed by atoms with van der Waals surface area (Å²) in [5.41, 5.74) is 4.17. The van der Waals surface area contributed by atoms with Gasteiger partial charge in [-0.05, 0) is 48.7 Å². The number of anilines is 2. The molecule has 4 heteroatoms. The molecule has 0 saturated carbocycles. The van der Waals surface area contributed by atoms with E-state index < -0.39 is 0 Å². The zero-order valence-corrected chi connectivity index (χ0v) is 16.6. The molecule has 4 rings (SSSR count). The number of nitrogens with zero attached hydrogens (tertiary/aromatic N) is 2.